The molecule has 0 spiro atoms. The lowest BCUT2D eigenvalue weighted by Crippen LogP contribution is -2.23. The van der Waals surface area contributed by atoms with Crippen molar-refractivity contribution in [2.75, 3.05) is 18.4 Å². The molecule has 0 amide bonds. The Morgan fingerprint density at radius 1 is 1.08 bits per heavy atom. The van der Waals surface area contributed by atoms with E-state index in [1.54, 1.807) is 0 Å². The summed E-state index contributed by atoms with van der Waals surface area (Å²) in [4.78, 5) is 0. The van der Waals surface area contributed by atoms with Crippen LogP contribution in [0, 0.1) is 0 Å². The van der Waals surface area contributed by atoms with Gasteiger partial charge < -0.3 is 10.7 Å². The Hall–Kier alpha value is -1.48. The molecule has 66 valence electrons. The fourth-order valence-electron chi connectivity index (χ4n) is 1.88. The summed E-state index contributed by atoms with van der Waals surface area (Å²) in [7, 11) is 0. The van der Waals surface area contributed by atoms with Crippen molar-refractivity contribution in [1.82, 2.24) is 10.9 Å². The van der Waals surface area contributed by atoms with Crippen LogP contribution < -0.4 is 16.2 Å². The van der Waals surface area contributed by atoms with Gasteiger partial charge in [-0.2, -0.15) is 0 Å². The largest absolute Gasteiger partial charge is 0.381 e. The first-order valence-electron chi connectivity index (χ1n) is 4.49. The van der Waals surface area contributed by atoms with E-state index in [9.17, 15) is 0 Å². The summed E-state index contributed by atoms with van der Waals surface area (Å²) in [5.41, 5.74) is 11.5. The molecule has 0 aromatic heterocycles. The van der Waals surface area contributed by atoms with Crippen LogP contribution in [0.15, 0.2) is 29.8 Å². The molecule has 0 unspecified atom stereocenters. The number of nitrogens with one attached hydrogen (secondary N) is 3. The van der Waals surface area contributed by atoms with E-state index in [1.165, 1.54) is 22.5 Å². The first kappa shape index (κ1) is 6.97. The molecule has 2 aliphatic heterocycles. The number of fused-ring (bicyclic) bond motifs is 2. The molecule has 3 N–H and O–H groups in total. The van der Waals surface area contributed by atoms with Crippen molar-refractivity contribution < 1.29 is 0 Å². The van der Waals surface area contributed by atoms with E-state index >= 15 is 0 Å². The Morgan fingerprint density at radius 3 is 3.00 bits per heavy atom. The highest BCUT2D eigenvalue weighted by Crippen LogP contribution is 2.29. The van der Waals surface area contributed by atoms with E-state index in [4.69, 9.17) is 0 Å². The van der Waals surface area contributed by atoms with Gasteiger partial charge in [-0.15, -0.1) is 0 Å². The summed E-state index contributed by atoms with van der Waals surface area (Å²) in [6, 6.07) is 8.37. The fraction of sp³-hybridized carbons (Fsp3) is 0.200. The Balaban J connectivity index is 2.18. The van der Waals surface area contributed by atoms with E-state index in [2.05, 4.69) is 40.4 Å². The molecule has 2 aliphatic rings. The second kappa shape index (κ2) is 2.50. The molecule has 0 bridgehead atoms. The predicted molar refractivity (Wildman–Crippen MR) is 53.0 cm³/mol. The lowest BCUT2D eigenvalue weighted by molar-refractivity contribution is 0.731. The Kier molecular flexibility index (Phi) is 1.34. The van der Waals surface area contributed by atoms with Crippen LogP contribution in [0.2, 0.25) is 0 Å². The van der Waals surface area contributed by atoms with Gasteiger partial charge in [0.25, 0.3) is 0 Å². The zero-order chi connectivity index (χ0) is 8.67. The minimum atomic E-state index is 0.941. The van der Waals surface area contributed by atoms with Crippen LogP contribution in [0.3, 0.4) is 0 Å². The quantitative estimate of drug-likeness (QED) is 0.546. The number of hydrazine groups is 1. The van der Waals surface area contributed by atoms with Gasteiger partial charge in [0.05, 0.1) is 5.70 Å². The highest BCUT2D eigenvalue weighted by Gasteiger charge is 2.21. The number of hydrogen-bond donors (Lipinski definition) is 3. The molecular weight excluding hydrogens is 162 g/mol. The van der Waals surface area contributed by atoms with Gasteiger partial charge in [-0.25, -0.2) is 5.43 Å². The molecule has 0 radical (unpaired) electrons. The van der Waals surface area contributed by atoms with Crippen LogP contribution >= 0.6 is 0 Å². The van der Waals surface area contributed by atoms with Gasteiger partial charge in [0.1, 0.15) is 0 Å². The van der Waals surface area contributed by atoms with Crippen molar-refractivity contribution in [3.8, 4) is 0 Å². The molecule has 13 heavy (non-hydrogen) atoms. The standard InChI is InChI=1S/C10H11N3/c1-2-4-9-8(3-1)10-7(5-11-9)6-12-13-10/h1-4,11-13H,5-6H2. The average molecular weight is 173 g/mol. The van der Waals surface area contributed by atoms with Gasteiger partial charge in [0.15, 0.2) is 0 Å². The van der Waals surface area contributed by atoms with Crippen molar-refractivity contribution in [3.05, 3.63) is 35.4 Å². The van der Waals surface area contributed by atoms with E-state index in [0.717, 1.165) is 13.1 Å². The molecule has 0 saturated carbocycles. The maximum absolute atomic E-state index is 3.40. The van der Waals surface area contributed by atoms with Crippen LogP contribution in [0.5, 0.6) is 0 Å². The van der Waals surface area contributed by atoms with Gasteiger partial charge in [0, 0.05) is 24.3 Å². The van der Waals surface area contributed by atoms with Crippen LogP contribution in [0.1, 0.15) is 5.56 Å². The summed E-state index contributed by atoms with van der Waals surface area (Å²) in [5, 5.41) is 3.40. The van der Waals surface area contributed by atoms with E-state index in [-0.39, 0.29) is 0 Å². The summed E-state index contributed by atoms with van der Waals surface area (Å²) in [6.07, 6.45) is 0. The number of rotatable bonds is 0. The predicted octanol–water partition coefficient (Wildman–Crippen LogP) is 0.931. The van der Waals surface area contributed by atoms with E-state index < -0.39 is 0 Å². The molecule has 0 atom stereocenters. The first-order chi connectivity index (χ1) is 6.45. The lowest BCUT2D eigenvalue weighted by Gasteiger charge is -2.19. The van der Waals surface area contributed by atoms with Gasteiger partial charge in [-0.05, 0) is 11.6 Å². The van der Waals surface area contributed by atoms with Crippen LogP contribution in [0.25, 0.3) is 5.70 Å². The Bertz CT molecular complexity index is 382. The third kappa shape index (κ3) is 0.939. The Morgan fingerprint density at radius 2 is 2.00 bits per heavy atom. The second-order valence-corrected chi connectivity index (χ2v) is 3.36. The molecular formula is C10H11N3. The average Bonchev–Trinajstić information content (AvgIpc) is 2.65. The van der Waals surface area contributed by atoms with Crippen LogP contribution in [-0.2, 0) is 0 Å². The van der Waals surface area contributed by atoms with E-state index in [0.29, 0.717) is 0 Å². The van der Waals surface area contributed by atoms with Crippen LogP contribution in [-0.4, -0.2) is 13.1 Å². The SMILES string of the molecule is c1ccc2c(c1)NCC1=C2NNC1. The molecule has 1 aromatic carbocycles. The molecule has 3 nitrogen and oxygen atoms in total. The van der Waals surface area contributed by atoms with Gasteiger partial charge in [0.2, 0.25) is 0 Å². The molecule has 0 aliphatic carbocycles. The molecule has 2 heterocycles. The topological polar surface area (TPSA) is 36.1 Å². The van der Waals surface area contributed by atoms with Gasteiger partial charge in [-0.3, -0.25) is 0 Å². The summed E-state index contributed by atoms with van der Waals surface area (Å²) in [5.74, 6) is 0. The zero-order valence-corrected chi connectivity index (χ0v) is 7.22. The maximum atomic E-state index is 3.40. The van der Waals surface area contributed by atoms with Crippen molar-refractivity contribution in [3.63, 3.8) is 0 Å². The lowest BCUT2D eigenvalue weighted by atomic mass is 10.0. The minimum absolute atomic E-state index is 0.941. The van der Waals surface area contributed by atoms with Crippen molar-refractivity contribution in [2.24, 2.45) is 0 Å². The van der Waals surface area contributed by atoms with E-state index in [1.807, 2.05) is 0 Å². The monoisotopic (exact) mass is 173 g/mol. The molecule has 1 aromatic rings. The number of hydrogen-bond acceptors (Lipinski definition) is 3. The highest BCUT2D eigenvalue weighted by atomic mass is 15.4. The fourth-order valence-corrected chi connectivity index (χ4v) is 1.88. The zero-order valence-electron chi connectivity index (χ0n) is 7.22. The van der Waals surface area contributed by atoms with Gasteiger partial charge >= 0.3 is 0 Å². The second-order valence-electron chi connectivity index (χ2n) is 3.36. The summed E-state index contributed by atoms with van der Waals surface area (Å²) >= 11 is 0. The van der Waals surface area contributed by atoms with Crippen molar-refractivity contribution in [1.29, 1.82) is 0 Å². The molecule has 3 rings (SSSR count). The number of anilines is 1. The smallest absolute Gasteiger partial charge is 0.0604 e. The molecule has 0 saturated heterocycles. The molecule has 3 heteroatoms. The van der Waals surface area contributed by atoms with Gasteiger partial charge in [-0.1, -0.05) is 18.2 Å². The Labute approximate surface area is 76.8 Å². The number of para-hydroxylation sites is 1. The summed E-state index contributed by atoms with van der Waals surface area (Å²) < 4.78 is 0. The normalized spacial score (nSPS) is 18.8. The molecule has 0 fully saturated rings. The first-order valence-corrected chi connectivity index (χ1v) is 4.49. The van der Waals surface area contributed by atoms with Crippen LogP contribution in [0.4, 0.5) is 5.69 Å². The highest BCUT2D eigenvalue weighted by molar-refractivity contribution is 5.81. The van der Waals surface area contributed by atoms with Crippen molar-refractivity contribution >= 4 is 11.4 Å². The summed E-state index contributed by atoms with van der Waals surface area (Å²) in [6.45, 7) is 1.89. The minimum Gasteiger partial charge on any atom is -0.381 e. The third-order valence-corrected chi connectivity index (χ3v) is 2.56. The van der Waals surface area contributed by atoms with Crippen molar-refractivity contribution in [2.45, 2.75) is 0 Å². The third-order valence-electron chi connectivity index (χ3n) is 2.56. The maximum Gasteiger partial charge on any atom is 0.0604 e. The number of benzene rings is 1.